The number of hydrogen-bond donors (Lipinski definition) is 2. The minimum absolute atomic E-state index is 0.366. The van der Waals surface area contributed by atoms with Gasteiger partial charge in [0.1, 0.15) is 0 Å². The molecule has 1 aromatic carbocycles. The average Bonchev–Trinajstić information content (AvgIpc) is 2.44. The van der Waals surface area contributed by atoms with Gasteiger partial charge >= 0.3 is 0 Å². The van der Waals surface area contributed by atoms with Gasteiger partial charge in [-0.2, -0.15) is 0 Å². The Hall–Kier alpha value is -0.950. The van der Waals surface area contributed by atoms with Crippen molar-refractivity contribution in [2.45, 2.75) is 23.9 Å². The first-order valence-corrected chi connectivity index (χ1v) is 8.76. The van der Waals surface area contributed by atoms with E-state index in [1.165, 1.54) is 6.26 Å². The Morgan fingerprint density at radius 2 is 2.10 bits per heavy atom. The summed E-state index contributed by atoms with van der Waals surface area (Å²) in [7, 11) is -3.10. The topological polar surface area (TPSA) is 67.4 Å². The largest absolute Gasteiger partial charge is 0.379 e. The molecule has 0 aromatic heterocycles. The second kappa shape index (κ2) is 7.17. The molecule has 0 aliphatic carbocycles. The zero-order valence-electron chi connectivity index (χ0n) is 11.8. The molecule has 0 amide bonds. The normalized spacial score (nSPS) is 19.9. The maximum atomic E-state index is 11.3. The smallest absolute Gasteiger partial charge is 0.175 e. The van der Waals surface area contributed by atoms with Gasteiger partial charge in [0.25, 0.3) is 0 Å². The van der Waals surface area contributed by atoms with E-state index in [9.17, 15) is 8.42 Å². The van der Waals surface area contributed by atoms with Crippen molar-refractivity contribution in [2.24, 2.45) is 0 Å². The lowest BCUT2D eigenvalue weighted by Gasteiger charge is -2.23. The van der Waals surface area contributed by atoms with Crippen LogP contribution in [0.3, 0.4) is 0 Å². The monoisotopic (exact) mass is 298 g/mol. The van der Waals surface area contributed by atoms with Crippen molar-refractivity contribution >= 4 is 9.84 Å². The molecular weight excluding hydrogens is 276 g/mol. The molecule has 0 saturated carbocycles. The maximum absolute atomic E-state index is 11.3. The Morgan fingerprint density at radius 3 is 2.70 bits per heavy atom. The molecule has 1 aliphatic heterocycles. The molecule has 20 heavy (non-hydrogen) atoms. The Balaban J connectivity index is 1.71. The lowest BCUT2D eigenvalue weighted by molar-refractivity contribution is 0.0742. The first kappa shape index (κ1) is 15.4. The standard InChI is InChI=1S/C14H22N2O3S/c1-20(17,18)14-4-2-12(3-5-14)10-15-7-6-13-11-19-9-8-16-13/h2-5,13,15-16H,6-11H2,1H3. The zero-order chi connectivity index (χ0) is 14.4. The van der Waals surface area contributed by atoms with Crippen LogP contribution in [0.4, 0.5) is 0 Å². The third-order valence-electron chi connectivity index (χ3n) is 3.35. The van der Waals surface area contributed by atoms with Crippen LogP contribution < -0.4 is 10.6 Å². The lowest BCUT2D eigenvalue weighted by Crippen LogP contribution is -2.42. The minimum atomic E-state index is -3.10. The molecule has 0 radical (unpaired) electrons. The van der Waals surface area contributed by atoms with Gasteiger partial charge in [-0.1, -0.05) is 12.1 Å². The molecule has 1 heterocycles. The van der Waals surface area contributed by atoms with Gasteiger partial charge in [0.15, 0.2) is 9.84 Å². The SMILES string of the molecule is CS(=O)(=O)c1ccc(CNCCC2COCCN2)cc1. The van der Waals surface area contributed by atoms with E-state index in [2.05, 4.69) is 10.6 Å². The van der Waals surface area contributed by atoms with Crippen LogP contribution in [0, 0.1) is 0 Å². The van der Waals surface area contributed by atoms with E-state index in [-0.39, 0.29) is 0 Å². The third kappa shape index (κ3) is 4.86. The van der Waals surface area contributed by atoms with E-state index in [4.69, 9.17) is 4.74 Å². The number of nitrogens with one attached hydrogen (secondary N) is 2. The number of ether oxygens (including phenoxy) is 1. The third-order valence-corrected chi connectivity index (χ3v) is 4.48. The molecule has 1 atom stereocenters. The van der Waals surface area contributed by atoms with Crippen LogP contribution >= 0.6 is 0 Å². The Morgan fingerprint density at radius 1 is 1.35 bits per heavy atom. The summed E-state index contributed by atoms with van der Waals surface area (Å²) in [4.78, 5) is 0.366. The van der Waals surface area contributed by atoms with Gasteiger partial charge in [-0.05, 0) is 30.7 Å². The molecule has 112 valence electrons. The molecular formula is C14H22N2O3S. The number of hydrogen-bond acceptors (Lipinski definition) is 5. The molecule has 2 N–H and O–H groups in total. The van der Waals surface area contributed by atoms with Gasteiger partial charge < -0.3 is 15.4 Å². The van der Waals surface area contributed by atoms with Crippen molar-refractivity contribution in [3.05, 3.63) is 29.8 Å². The van der Waals surface area contributed by atoms with Gasteiger partial charge in [0.05, 0.1) is 18.1 Å². The highest BCUT2D eigenvalue weighted by atomic mass is 32.2. The van der Waals surface area contributed by atoms with Crippen LogP contribution in [-0.4, -0.2) is 47.0 Å². The van der Waals surface area contributed by atoms with Gasteiger partial charge in [-0.25, -0.2) is 8.42 Å². The molecule has 0 spiro atoms. The van der Waals surface area contributed by atoms with Gasteiger partial charge in [-0.15, -0.1) is 0 Å². The summed E-state index contributed by atoms with van der Waals surface area (Å²) in [5.41, 5.74) is 1.09. The van der Waals surface area contributed by atoms with Crippen LogP contribution in [0.2, 0.25) is 0 Å². The Labute approximate surface area is 120 Å². The van der Waals surface area contributed by atoms with Crippen molar-refractivity contribution < 1.29 is 13.2 Å². The number of rotatable bonds is 6. The molecule has 1 unspecified atom stereocenters. The van der Waals surface area contributed by atoms with Gasteiger partial charge in [0.2, 0.25) is 0 Å². The maximum Gasteiger partial charge on any atom is 0.175 e. The predicted octanol–water partition coefficient (Wildman–Crippen LogP) is 0.558. The highest BCUT2D eigenvalue weighted by Gasteiger charge is 2.11. The molecule has 1 fully saturated rings. The van der Waals surface area contributed by atoms with Crippen LogP contribution in [0.5, 0.6) is 0 Å². The van der Waals surface area contributed by atoms with Crippen molar-refractivity contribution in [1.29, 1.82) is 0 Å². The number of benzene rings is 1. The van der Waals surface area contributed by atoms with Crippen LogP contribution in [0.25, 0.3) is 0 Å². The summed E-state index contributed by atoms with van der Waals surface area (Å²) < 4.78 is 28.1. The Bertz CT molecular complexity index is 508. The van der Waals surface area contributed by atoms with E-state index in [1.54, 1.807) is 12.1 Å². The van der Waals surface area contributed by atoms with E-state index < -0.39 is 9.84 Å². The van der Waals surface area contributed by atoms with Crippen LogP contribution in [-0.2, 0) is 21.1 Å². The van der Waals surface area contributed by atoms with Crippen molar-refractivity contribution in [1.82, 2.24) is 10.6 Å². The fourth-order valence-electron chi connectivity index (χ4n) is 2.17. The lowest BCUT2D eigenvalue weighted by atomic mass is 10.2. The first-order valence-electron chi connectivity index (χ1n) is 6.86. The Kier molecular flexibility index (Phi) is 5.54. The second-order valence-electron chi connectivity index (χ2n) is 5.11. The van der Waals surface area contributed by atoms with Crippen molar-refractivity contribution in [3.8, 4) is 0 Å². The summed E-state index contributed by atoms with van der Waals surface area (Å²) in [6.07, 6.45) is 2.25. The van der Waals surface area contributed by atoms with Crippen molar-refractivity contribution in [3.63, 3.8) is 0 Å². The van der Waals surface area contributed by atoms with Crippen molar-refractivity contribution in [2.75, 3.05) is 32.6 Å². The fourth-order valence-corrected chi connectivity index (χ4v) is 2.80. The molecule has 1 aliphatic rings. The van der Waals surface area contributed by atoms with E-state index in [0.717, 1.165) is 44.8 Å². The summed E-state index contributed by atoms with van der Waals surface area (Å²) in [5.74, 6) is 0. The molecule has 0 bridgehead atoms. The number of morpholine rings is 1. The summed E-state index contributed by atoms with van der Waals surface area (Å²) in [5, 5.41) is 6.77. The summed E-state index contributed by atoms with van der Waals surface area (Å²) in [6.45, 7) is 4.17. The van der Waals surface area contributed by atoms with E-state index in [1.807, 2.05) is 12.1 Å². The van der Waals surface area contributed by atoms with Crippen LogP contribution in [0.15, 0.2) is 29.2 Å². The predicted molar refractivity (Wildman–Crippen MR) is 78.5 cm³/mol. The quantitative estimate of drug-likeness (QED) is 0.751. The van der Waals surface area contributed by atoms with E-state index in [0.29, 0.717) is 10.9 Å². The average molecular weight is 298 g/mol. The molecule has 5 nitrogen and oxygen atoms in total. The minimum Gasteiger partial charge on any atom is -0.379 e. The number of sulfone groups is 1. The fraction of sp³-hybridized carbons (Fsp3) is 0.571. The zero-order valence-corrected chi connectivity index (χ0v) is 12.6. The van der Waals surface area contributed by atoms with Gasteiger partial charge in [0, 0.05) is 25.4 Å². The van der Waals surface area contributed by atoms with Crippen LogP contribution in [0.1, 0.15) is 12.0 Å². The first-order chi connectivity index (χ1) is 9.55. The summed E-state index contributed by atoms with van der Waals surface area (Å²) in [6, 6.07) is 7.45. The highest BCUT2D eigenvalue weighted by molar-refractivity contribution is 7.90. The summed E-state index contributed by atoms with van der Waals surface area (Å²) >= 11 is 0. The molecule has 2 rings (SSSR count). The molecule has 1 saturated heterocycles. The van der Waals surface area contributed by atoms with Gasteiger partial charge in [-0.3, -0.25) is 0 Å². The molecule has 6 heteroatoms. The molecule has 1 aromatic rings. The highest BCUT2D eigenvalue weighted by Crippen LogP contribution is 2.10. The second-order valence-corrected chi connectivity index (χ2v) is 7.12. The van der Waals surface area contributed by atoms with E-state index >= 15 is 0 Å².